The summed E-state index contributed by atoms with van der Waals surface area (Å²) in [6.07, 6.45) is 0.517. The van der Waals surface area contributed by atoms with Crippen LogP contribution in [0.25, 0.3) is 10.9 Å². The van der Waals surface area contributed by atoms with Gasteiger partial charge < -0.3 is 9.67 Å². The standard InChI is InChI=1S/C17H16F2N2O3S/c1-21-10-12(11-5-2-3-8-15(11)21)16(22)9-20-25(23,24)17-13(18)6-4-7-14(17)19/h2-8,10,16,20,22H,9H2,1H3. The third-order valence-electron chi connectivity index (χ3n) is 3.94. The first-order valence-electron chi connectivity index (χ1n) is 7.47. The highest BCUT2D eigenvalue weighted by molar-refractivity contribution is 7.89. The molecule has 0 spiro atoms. The number of aliphatic hydroxyl groups is 1. The van der Waals surface area contributed by atoms with Gasteiger partial charge in [-0.2, -0.15) is 0 Å². The Hall–Kier alpha value is -2.29. The van der Waals surface area contributed by atoms with Crippen molar-refractivity contribution in [2.24, 2.45) is 7.05 Å². The van der Waals surface area contributed by atoms with E-state index in [1.165, 1.54) is 0 Å². The minimum absolute atomic E-state index is 0.413. The van der Waals surface area contributed by atoms with Crippen LogP contribution in [0.15, 0.2) is 53.6 Å². The summed E-state index contributed by atoms with van der Waals surface area (Å²) in [6.45, 7) is -0.413. The van der Waals surface area contributed by atoms with E-state index >= 15 is 0 Å². The molecule has 3 rings (SSSR count). The van der Waals surface area contributed by atoms with Crippen molar-refractivity contribution in [3.8, 4) is 0 Å². The first-order chi connectivity index (χ1) is 11.8. The third-order valence-corrected chi connectivity index (χ3v) is 5.42. The van der Waals surface area contributed by atoms with Gasteiger partial charge in [0, 0.05) is 36.3 Å². The van der Waals surface area contributed by atoms with Gasteiger partial charge in [-0.3, -0.25) is 0 Å². The Bertz CT molecular complexity index is 1010. The first kappa shape index (κ1) is 17.5. The van der Waals surface area contributed by atoms with E-state index in [-0.39, 0.29) is 0 Å². The zero-order valence-electron chi connectivity index (χ0n) is 13.3. The maximum absolute atomic E-state index is 13.7. The van der Waals surface area contributed by atoms with Gasteiger partial charge in [0.25, 0.3) is 0 Å². The van der Waals surface area contributed by atoms with Gasteiger partial charge in [-0.1, -0.05) is 24.3 Å². The van der Waals surface area contributed by atoms with E-state index < -0.39 is 39.2 Å². The first-order valence-corrected chi connectivity index (χ1v) is 8.95. The molecule has 1 heterocycles. The largest absolute Gasteiger partial charge is 0.387 e. The molecule has 2 N–H and O–H groups in total. The molecule has 0 aliphatic rings. The highest BCUT2D eigenvalue weighted by atomic mass is 32.2. The monoisotopic (exact) mass is 366 g/mol. The second-order valence-electron chi connectivity index (χ2n) is 5.63. The summed E-state index contributed by atoms with van der Waals surface area (Å²) in [4.78, 5) is -1.06. The lowest BCUT2D eigenvalue weighted by Gasteiger charge is -2.13. The molecule has 0 saturated carbocycles. The maximum atomic E-state index is 13.7. The van der Waals surface area contributed by atoms with Crippen LogP contribution in [0.5, 0.6) is 0 Å². The van der Waals surface area contributed by atoms with Crippen molar-refractivity contribution < 1.29 is 22.3 Å². The zero-order valence-corrected chi connectivity index (χ0v) is 14.1. The summed E-state index contributed by atoms with van der Waals surface area (Å²) in [5, 5.41) is 11.1. The number of aromatic nitrogens is 1. The number of aliphatic hydroxyl groups excluding tert-OH is 1. The number of fused-ring (bicyclic) bond motifs is 1. The number of nitrogens with zero attached hydrogens (tertiary/aromatic N) is 1. The lowest BCUT2D eigenvalue weighted by atomic mass is 10.1. The molecular formula is C17H16F2N2O3S. The molecule has 25 heavy (non-hydrogen) atoms. The van der Waals surface area contributed by atoms with E-state index in [4.69, 9.17) is 0 Å². The molecule has 0 aliphatic heterocycles. The van der Waals surface area contributed by atoms with Crippen LogP contribution < -0.4 is 4.72 Å². The lowest BCUT2D eigenvalue weighted by Crippen LogP contribution is -2.30. The normalized spacial score (nSPS) is 13.3. The van der Waals surface area contributed by atoms with Crippen molar-refractivity contribution in [2.45, 2.75) is 11.0 Å². The summed E-state index contributed by atoms with van der Waals surface area (Å²) in [6, 6.07) is 10.1. The predicted molar refractivity (Wildman–Crippen MR) is 89.4 cm³/mol. The number of hydrogen-bond donors (Lipinski definition) is 2. The topological polar surface area (TPSA) is 71.3 Å². The number of benzene rings is 2. The average molecular weight is 366 g/mol. The smallest absolute Gasteiger partial charge is 0.246 e. The Morgan fingerprint density at radius 1 is 1.12 bits per heavy atom. The Morgan fingerprint density at radius 3 is 2.44 bits per heavy atom. The number of aryl methyl sites for hydroxylation is 1. The van der Waals surface area contributed by atoms with Gasteiger partial charge in [0.1, 0.15) is 11.6 Å². The van der Waals surface area contributed by atoms with E-state index in [0.29, 0.717) is 5.56 Å². The molecule has 0 radical (unpaired) electrons. The number of para-hydroxylation sites is 1. The van der Waals surface area contributed by atoms with Gasteiger partial charge in [0.05, 0.1) is 6.10 Å². The fraction of sp³-hybridized carbons (Fsp3) is 0.176. The highest BCUT2D eigenvalue weighted by Gasteiger charge is 2.25. The van der Waals surface area contributed by atoms with Crippen molar-refractivity contribution in [1.29, 1.82) is 0 Å². The maximum Gasteiger partial charge on any atom is 0.246 e. The summed E-state index contributed by atoms with van der Waals surface area (Å²) in [7, 11) is -2.63. The van der Waals surface area contributed by atoms with Crippen LogP contribution in [0.2, 0.25) is 0 Å². The molecule has 132 valence electrons. The molecule has 0 aliphatic carbocycles. The molecular weight excluding hydrogens is 350 g/mol. The SMILES string of the molecule is Cn1cc(C(O)CNS(=O)(=O)c2c(F)cccc2F)c2ccccc21. The van der Waals surface area contributed by atoms with Crippen molar-refractivity contribution in [1.82, 2.24) is 9.29 Å². The van der Waals surface area contributed by atoms with Crippen LogP contribution in [0, 0.1) is 11.6 Å². The summed E-state index contributed by atoms with van der Waals surface area (Å²) >= 11 is 0. The fourth-order valence-electron chi connectivity index (χ4n) is 2.75. The van der Waals surface area contributed by atoms with Crippen LogP contribution in [0.3, 0.4) is 0 Å². The number of sulfonamides is 1. The number of halogens is 2. The van der Waals surface area contributed by atoms with E-state index in [1.54, 1.807) is 29.9 Å². The molecule has 0 saturated heterocycles. The molecule has 1 aromatic heterocycles. The molecule has 8 heteroatoms. The van der Waals surface area contributed by atoms with Gasteiger partial charge in [0.2, 0.25) is 10.0 Å². The van der Waals surface area contributed by atoms with Gasteiger partial charge in [0.15, 0.2) is 4.90 Å². The minimum atomic E-state index is -4.44. The van der Waals surface area contributed by atoms with Crippen LogP contribution in [0.1, 0.15) is 11.7 Å². The van der Waals surface area contributed by atoms with Gasteiger partial charge in [-0.15, -0.1) is 0 Å². The zero-order chi connectivity index (χ0) is 18.2. The van der Waals surface area contributed by atoms with Crippen molar-refractivity contribution in [3.63, 3.8) is 0 Å². The van der Waals surface area contributed by atoms with Gasteiger partial charge >= 0.3 is 0 Å². The van der Waals surface area contributed by atoms with Gasteiger partial charge in [-0.05, 0) is 18.2 Å². The number of rotatable bonds is 5. The Labute approximate surface area is 143 Å². The van der Waals surface area contributed by atoms with E-state index in [9.17, 15) is 22.3 Å². The number of nitrogens with one attached hydrogen (secondary N) is 1. The lowest BCUT2D eigenvalue weighted by molar-refractivity contribution is 0.183. The number of hydrogen-bond acceptors (Lipinski definition) is 3. The van der Waals surface area contributed by atoms with E-state index in [0.717, 1.165) is 29.1 Å². The highest BCUT2D eigenvalue weighted by Crippen LogP contribution is 2.26. The molecule has 1 atom stereocenters. The van der Waals surface area contributed by atoms with Gasteiger partial charge in [-0.25, -0.2) is 21.9 Å². The molecule has 2 aromatic carbocycles. The summed E-state index contributed by atoms with van der Waals surface area (Å²) < 4.78 is 55.6. The Morgan fingerprint density at radius 2 is 1.76 bits per heavy atom. The molecule has 0 bridgehead atoms. The molecule has 1 unspecified atom stereocenters. The molecule has 5 nitrogen and oxygen atoms in total. The van der Waals surface area contributed by atoms with Crippen molar-refractivity contribution in [2.75, 3.05) is 6.54 Å². The third kappa shape index (κ3) is 3.28. The predicted octanol–water partition coefficient (Wildman–Crippen LogP) is 2.47. The molecule has 0 amide bonds. The second-order valence-corrected chi connectivity index (χ2v) is 7.33. The van der Waals surface area contributed by atoms with Crippen LogP contribution in [-0.4, -0.2) is 24.6 Å². The van der Waals surface area contributed by atoms with Crippen LogP contribution >= 0.6 is 0 Å². The summed E-state index contributed by atoms with van der Waals surface area (Å²) in [5.74, 6) is -2.38. The summed E-state index contributed by atoms with van der Waals surface area (Å²) in [5.41, 5.74) is 1.40. The molecule has 3 aromatic rings. The molecule has 0 fully saturated rings. The van der Waals surface area contributed by atoms with E-state index in [1.807, 2.05) is 12.1 Å². The van der Waals surface area contributed by atoms with Crippen LogP contribution in [0.4, 0.5) is 8.78 Å². The van der Waals surface area contributed by atoms with Crippen molar-refractivity contribution in [3.05, 3.63) is 65.9 Å². The fourth-order valence-corrected chi connectivity index (χ4v) is 3.92. The Balaban J connectivity index is 1.85. The van der Waals surface area contributed by atoms with E-state index in [2.05, 4.69) is 4.72 Å². The van der Waals surface area contributed by atoms with Crippen LogP contribution in [-0.2, 0) is 17.1 Å². The Kier molecular flexibility index (Phi) is 4.59. The quantitative estimate of drug-likeness (QED) is 0.729. The average Bonchev–Trinajstić information content (AvgIpc) is 2.90. The van der Waals surface area contributed by atoms with Crippen molar-refractivity contribution >= 4 is 20.9 Å². The second kappa shape index (κ2) is 6.55. The minimum Gasteiger partial charge on any atom is -0.387 e.